The number of fused-ring (bicyclic) bond motifs is 1. The number of carbonyl (C=O) groups is 1. The van der Waals surface area contributed by atoms with Crippen molar-refractivity contribution in [3.05, 3.63) is 59.2 Å². The second-order valence-corrected chi connectivity index (χ2v) is 5.19. The van der Waals surface area contributed by atoms with Gasteiger partial charge in [-0.2, -0.15) is 0 Å². The molecule has 0 aliphatic heterocycles. The molecule has 2 aromatic carbocycles. The highest BCUT2D eigenvalue weighted by molar-refractivity contribution is 5.95. The first-order chi connectivity index (χ1) is 9.76. The standard InChI is InChI=1S/C18H18O2/c1-2-18(19)14-7-9-16(10-8-14)20-17-11-6-13-4-3-5-15(13)12-17/h6-12H,2-5H2,1H3. The van der Waals surface area contributed by atoms with Gasteiger partial charge in [-0.25, -0.2) is 0 Å². The molecule has 0 spiro atoms. The SMILES string of the molecule is CCC(=O)c1ccc(Oc2ccc3c(c2)CCC3)cc1. The van der Waals surface area contributed by atoms with Gasteiger partial charge in [0, 0.05) is 12.0 Å². The van der Waals surface area contributed by atoms with E-state index >= 15 is 0 Å². The number of hydrogen-bond donors (Lipinski definition) is 0. The van der Waals surface area contributed by atoms with Crippen molar-refractivity contribution in [2.45, 2.75) is 32.6 Å². The monoisotopic (exact) mass is 266 g/mol. The van der Waals surface area contributed by atoms with Crippen LogP contribution < -0.4 is 4.74 Å². The Labute approximate surface area is 119 Å². The minimum Gasteiger partial charge on any atom is -0.457 e. The lowest BCUT2D eigenvalue weighted by Gasteiger charge is -2.08. The molecule has 0 bridgehead atoms. The van der Waals surface area contributed by atoms with Crippen LogP contribution in [0.2, 0.25) is 0 Å². The Morgan fingerprint density at radius 1 is 1.00 bits per heavy atom. The molecule has 0 atom stereocenters. The minimum atomic E-state index is 0.161. The van der Waals surface area contributed by atoms with Crippen molar-refractivity contribution in [2.75, 3.05) is 0 Å². The fraction of sp³-hybridized carbons (Fsp3) is 0.278. The van der Waals surface area contributed by atoms with Crippen molar-refractivity contribution in [1.82, 2.24) is 0 Å². The summed E-state index contributed by atoms with van der Waals surface area (Å²) in [7, 11) is 0. The molecule has 0 amide bonds. The van der Waals surface area contributed by atoms with Crippen molar-refractivity contribution >= 4 is 5.78 Å². The van der Waals surface area contributed by atoms with Gasteiger partial charge in [0.2, 0.25) is 0 Å². The predicted octanol–water partition coefficient (Wildman–Crippen LogP) is 4.56. The maximum absolute atomic E-state index is 11.6. The van der Waals surface area contributed by atoms with Gasteiger partial charge in [0.05, 0.1) is 0 Å². The molecule has 0 fully saturated rings. The lowest BCUT2D eigenvalue weighted by molar-refractivity contribution is 0.0988. The summed E-state index contributed by atoms with van der Waals surface area (Å²) in [5.41, 5.74) is 3.59. The van der Waals surface area contributed by atoms with Gasteiger partial charge >= 0.3 is 0 Å². The van der Waals surface area contributed by atoms with Crippen molar-refractivity contribution in [1.29, 1.82) is 0 Å². The molecular weight excluding hydrogens is 248 g/mol. The third kappa shape index (κ3) is 2.60. The zero-order valence-electron chi connectivity index (χ0n) is 11.7. The molecule has 102 valence electrons. The Hall–Kier alpha value is -2.09. The van der Waals surface area contributed by atoms with E-state index in [-0.39, 0.29) is 5.78 Å². The van der Waals surface area contributed by atoms with E-state index in [1.54, 1.807) is 0 Å². The molecule has 2 aromatic rings. The summed E-state index contributed by atoms with van der Waals surface area (Å²) < 4.78 is 5.86. The fourth-order valence-electron chi connectivity index (χ4n) is 2.66. The van der Waals surface area contributed by atoms with Gasteiger partial charge in [-0.3, -0.25) is 4.79 Å². The molecule has 0 aromatic heterocycles. The number of benzene rings is 2. The van der Waals surface area contributed by atoms with E-state index in [1.165, 1.54) is 24.0 Å². The third-order valence-corrected chi connectivity index (χ3v) is 3.80. The van der Waals surface area contributed by atoms with Crippen molar-refractivity contribution in [3.63, 3.8) is 0 Å². The van der Waals surface area contributed by atoms with Gasteiger partial charge < -0.3 is 4.74 Å². The molecular formula is C18H18O2. The summed E-state index contributed by atoms with van der Waals surface area (Å²) >= 11 is 0. The number of rotatable bonds is 4. The van der Waals surface area contributed by atoms with Gasteiger partial charge in [-0.15, -0.1) is 0 Å². The van der Waals surface area contributed by atoms with Gasteiger partial charge in [0.25, 0.3) is 0 Å². The predicted molar refractivity (Wildman–Crippen MR) is 79.6 cm³/mol. The van der Waals surface area contributed by atoms with E-state index in [1.807, 2.05) is 37.3 Å². The van der Waals surface area contributed by atoms with Crippen LogP contribution in [0.15, 0.2) is 42.5 Å². The highest BCUT2D eigenvalue weighted by Gasteiger charge is 2.11. The van der Waals surface area contributed by atoms with Crippen LogP contribution in [0.3, 0.4) is 0 Å². The van der Waals surface area contributed by atoms with Crippen LogP contribution in [0.1, 0.15) is 41.3 Å². The Morgan fingerprint density at radius 3 is 2.45 bits per heavy atom. The number of Topliss-reactive ketones (excluding diaryl/α,β-unsaturated/α-hetero) is 1. The number of hydrogen-bond acceptors (Lipinski definition) is 2. The quantitative estimate of drug-likeness (QED) is 0.758. The summed E-state index contributed by atoms with van der Waals surface area (Å²) in [6.07, 6.45) is 4.11. The summed E-state index contributed by atoms with van der Waals surface area (Å²) in [5.74, 6) is 1.81. The normalized spacial score (nSPS) is 13.1. The molecule has 0 N–H and O–H groups in total. The maximum Gasteiger partial charge on any atom is 0.162 e. The molecule has 0 unspecified atom stereocenters. The van der Waals surface area contributed by atoms with Gasteiger partial charge in [0.1, 0.15) is 11.5 Å². The molecule has 0 radical (unpaired) electrons. The Balaban J connectivity index is 1.76. The highest BCUT2D eigenvalue weighted by atomic mass is 16.5. The van der Waals surface area contributed by atoms with Crippen LogP contribution in [0.5, 0.6) is 11.5 Å². The highest BCUT2D eigenvalue weighted by Crippen LogP contribution is 2.29. The Morgan fingerprint density at radius 2 is 1.70 bits per heavy atom. The minimum absolute atomic E-state index is 0.161. The number of ether oxygens (including phenoxy) is 1. The van der Waals surface area contributed by atoms with Gasteiger partial charge in [0.15, 0.2) is 5.78 Å². The molecule has 3 rings (SSSR count). The van der Waals surface area contributed by atoms with Crippen LogP contribution in [0.4, 0.5) is 0 Å². The molecule has 1 aliphatic carbocycles. The second kappa shape index (κ2) is 5.49. The van der Waals surface area contributed by atoms with Crippen molar-refractivity contribution < 1.29 is 9.53 Å². The first-order valence-corrected chi connectivity index (χ1v) is 7.19. The summed E-state index contributed by atoms with van der Waals surface area (Å²) in [6.45, 7) is 1.87. The van der Waals surface area contributed by atoms with E-state index in [2.05, 4.69) is 12.1 Å². The van der Waals surface area contributed by atoms with Crippen molar-refractivity contribution in [3.8, 4) is 11.5 Å². The number of carbonyl (C=O) groups excluding carboxylic acids is 1. The fourth-order valence-corrected chi connectivity index (χ4v) is 2.66. The molecule has 20 heavy (non-hydrogen) atoms. The maximum atomic E-state index is 11.6. The van der Waals surface area contributed by atoms with E-state index in [9.17, 15) is 4.79 Å². The number of aryl methyl sites for hydroxylation is 2. The zero-order valence-corrected chi connectivity index (χ0v) is 11.7. The van der Waals surface area contributed by atoms with Gasteiger partial charge in [-0.1, -0.05) is 13.0 Å². The van der Waals surface area contributed by atoms with E-state index in [0.717, 1.165) is 23.5 Å². The first-order valence-electron chi connectivity index (χ1n) is 7.19. The average molecular weight is 266 g/mol. The lowest BCUT2D eigenvalue weighted by atomic mass is 10.1. The Kier molecular flexibility index (Phi) is 3.55. The summed E-state index contributed by atoms with van der Waals surface area (Å²) in [4.78, 5) is 11.6. The first kappa shape index (κ1) is 12.9. The molecule has 0 saturated carbocycles. The van der Waals surface area contributed by atoms with Crippen LogP contribution in [-0.2, 0) is 12.8 Å². The summed E-state index contributed by atoms with van der Waals surface area (Å²) in [6, 6.07) is 13.7. The third-order valence-electron chi connectivity index (χ3n) is 3.80. The van der Waals surface area contributed by atoms with Gasteiger partial charge in [-0.05, 0) is 66.8 Å². The largest absolute Gasteiger partial charge is 0.457 e. The molecule has 2 heteroatoms. The van der Waals surface area contributed by atoms with Crippen LogP contribution in [0, 0.1) is 0 Å². The molecule has 1 aliphatic rings. The van der Waals surface area contributed by atoms with Crippen LogP contribution >= 0.6 is 0 Å². The summed E-state index contributed by atoms with van der Waals surface area (Å²) in [5, 5.41) is 0. The van der Waals surface area contributed by atoms with E-state index in [0.29, 0.717) is 6.42 Å². The number of ketones is 1. The van der Waals surface area contributed by atoms with E-state index < -0.39 is 0 Å². The Bertz CT molecular complexity index is 626. The second-order valence-electron chi connectivity index (χ2n) is 5.19. The van der Waals surface area contributed by atoms with Crippen molar-refractivity contribution in [2.24, 2.45) is 0 Å². The molecule has 2 nitrogen and oxygen atoms in total. The lowest BCUT2D eigenvalue weighted by Crippen LogP contribution is -1.95. The zero-order chi connectivity index (χ0) is 13.9. The van der Waals surface area contributed by atoms with Crippen LogP contribution in [-0.4, -0.2) is 5.78 Å². The topological polar surface area (TPSA) is 26.3 Å². The average Bonchev–Trinajstić information content (AvgIpc) is 2.95. The molecule has 0 saturated heterocycles. The molecule has 0 heterocycles. The smallest absolute Gasteiger partial charge is 0.162 e. The van der Waals surface area contributed by atoms with E-state index in [4.69, 9.17) is 4.74 Å². The van der Waals surface area contributed by atoms with Crippen LogP contribution in [0.25, 0.3) is 0 Å².